The van der Waals surface area contributed by atoms with E-state index in [1.165, 1.54) is 18.2 Å². The summed E-state index contributed by atoms with van der Waals surface area (Å²) in [6, 6.07) is 13.5. The molecule has 1 saturated heterocycles. The Hall–Kier alpha value is -3.74. The number of morpholine rings is 1. The zero-order chi connectivity index (χ0) is 28.3. The van der Waals surface area contributed by atoms with Crippen molar-refractivity contribution in [3.8, 4) is 0 Å². The van der Waals surface area contributed by atoms with Gasteiger partial charge in [-0.15, -0.1) is 0 Å². The largest absolute Gasteiger partial charge is 0.378 e. The Bertz CT molecular complexity index is 1260. The van der Waals surface area contributed by atoms with E-state index in [1.807, 2.05) is 0 Å². The Kier molecular flexibility index (Phi) is 11.0. The van der Waals surface area contributed by atoms with Gasteiger partial charge in [0.1, 0.15) is 0 Å². The number of guanidine groups is 1. The molecule has 12 heteroatoms. The van der Waals surface area contributed by atoms with E-state index >= 15 is 0 Å². The number of hydrogen-bond acceptors (Lipinski definition) is 7. The Balaban J connectivity index is 1.62. The minimum atomic E-state index is -3.69. The van der Waals surface area contributed by atoms with Crippen LogP contribution in [0.1, 0.15) is 28.8 Å². The highest BCUT2D eigenvalue weighted by Gasteiger charge is 2.20. The minimum absolute atomic E-state index is 0.0440. The lowest BCUT2D eigenvalue weighted by atomic mass is 10.0. The number of carbonyl (C=O) groups is 2. The van der Waals surface area contributed by atoms with Gasteiger partial charge >= 0.3 is 0 Å². The first-order valence-corrected chi connectivity index (χ1v) is 14.3. The van der Waals surface area contributed by atoms with Gasteiger partial charge in [-0.05, 0) is 49.1 Å². The molecule has 2 amide bonds. The van der Waals surface area contributed by atoms with Crippen LogP contribution >= 0.6 is 0 Å². The fraction of sp³-hybridized carbons (Fsp3) is 0.370. The van der Waals surface area contributed by atoms with E-state index < -0.39 is 27.8 Å². The summed E-state index contributed by atoms with van der Waals surface area (Å²) in [6.07, 6.45) is 2.58. The van der Waals surface area contributed by atoms with E-state index in [4.69, 9.17) is 21.9 Å². The number of aliphatic imine (C=N–C) groups is 1. The Labute approximate surface area is 229 Å². The van der Waals surface area contributed by atoms with E-state index in [0.717, 1.165) is 11.0 Å². The molecule has 3 rings (SSSR count). The number of benzene rings is 2. The van der Waals surface area contributed by atoms with Crippen molar-refractivity contribution in [2.45, 2.75) is 36.2 Å². The second-order valence-corrected chi connectivity index (χ2v) is 11.0. The van der Waals surface area contributed by atoms with Crippen molar-refractivity contribution in [3.63, 3.8) is 0 Å². The summed E-state index contributed by atoms with van der Waals surface area (Å²) in [4.78, 5) is 31.4. The maximum Gasteiger partial charge on any atom is 0.254 e. The highest BCUT2D eigenvalue weighted by Crippen LogP contribution is 2.14. The van der Waals surface area contributed by atoms with Crippen LogP contribution in [0.2, 0.25) is 0 Å². The van der Waals surface area contributed by atoms with Gasteiger partial charge < -0.3 is 32.2 Å². The lowest BCUT2D eigenvalue weighted by molar-refractivity contribution is -0.122. The zero-order valence-electron chi connectivity index (χ0n) is 21.7. The lowest BCUT2D eigenvalue weighted by Crippen LogP contribution is -2.46. The molecular formula is C27H36N6O5S. The summed E-state index contributed by atoms with van der Waals surface area (Å²) in [5.41, 5.74) is 18.3. The summed E-state index contributed by atoms with van der Waals surface area (Å²) in [6.45, 7) is 2.49. The number of amides is 2. The van der Waals surface area contributed by atoms with Gasteiger partial charge in [-0.1, -0.05) is 36.4 Å². The summed E-state index contributed by atoms with van der Waals surface area (Å²) < 4.78 is 30.7. The van der Waals surface area contributed by atoms with Gasteiger partial charge in [0.25, 0.3) is 5.91 Å². The predicted octanol–water partition coefficient (Wildman–Crippen LogP) is 0.555. The molecule has 39 heavy (non-hydrogen) atoms. The minimum Gasteiger partial charge on any atom is -0.378 e. The Morgan fingerprint density at radius 2 is 1.72 bits per heavy atom. The number of nitrogens with zero attached hydrogens (tertiary/aromatic N) is 2. The summed E-state index contributed by atoms with van der Waals surface area (Å²) in [5, 5.41) is 3.91. The third-order valence-corrected chi connectivity index (χ3v) is 7.59. The molecule has 11 nitrogen and oxygen atoms in total. The monoisotopic (exact) mass is 556 g/mol. The van der Waals surface area contributed by atoms with Gasteiger partial charge in [-0.3, -0.25) is 14.6 Å². The van der Waals surface area contributed by atoms with E-state index in [1.54, 1.807) is 47.4 Å². The first-order valence-electron chi connectivity index (χ1n) is 12.7. The number of nitrogens with two attached hydrogens (primary N) is 3. The van der Waals surface area contributed by atoms with Gasteiger partial charge in [0.15, 0.2) is 15.8 Å². The van der Waals surface area contributed by atoms with Crippen LogP contribution in [0.25, 0.3) is 0 Å². The van der Waals surface area contributed by atoms with Crippen molar-refractivity contribution in [1.82, 2.24) is 10.2 Å². The molecule has 0 aromatic heterocycles. The van der Waals surface area contributed by atoms with Crippen molar-refractivity contribution in [3.05, 3.63) is 77.2 Å². The highest BCUT2D eigenvalue weighted by molar-refractivity contribution is 7.94. The summed E-state index contributed by atoms with van der Waals surface area (Å²) in [5.74, 6) is -0.540. The molecule has 1 fully saturated rings. The average Bonchev–Trinajstić information content (AvgIpc) is 2.94. The van der Waals surface area contributed by atoms with Crippen LogP contribution in [0.4, 0.5) is 0 Å². The molecule has 0 saturated carbocycles. The Morgan fingerprint density at radius 3 is 2.36 bits per heavy atom. The molecule has 0 aliphatic carbocycles. The summed E-state index contributed by atoms with van der Waals surface area (Å²) >= 11 is 0. The zero-order valence-corrected chi connectivity index (χ0v) is 22.6. The molecule has 0 spiro atoms. The summed E-state index contributed by atoms with van der Waals surface area (Å²) in [7, 11) is -3.69. The van der Waals surface area contributed by atoms with Gasteiger partial charge in [0.05, 0.1) is 24.2 Å². The van der Waals surface area contributed by atoms with E-state index in [-0.39, 0.29) is 23.2 Å². The SMILES string of the molecule is NC(N)=NCCC[C@@H](/C=C/S(=O)(=O)c1ccccc1)NC(=O)[C@@H](N)Cc1ccc(C(=O)N2CCOCC2)cc1. The fourth-order valence-electron chi connectivity index (χ4n) is 3.99. The molecule has 2 aromatic carbocycles. The topological polar surface area (TPSA) is 183 Å². The molecule has 210 valence electrons. The number of carbonyl (C=O) groups excluding carboxylic acids is 2. The molecule has 2 atom stereocenters. The van der Waals surface area contributed by atoms with Gasteiger partial charge in [-0.25, -0.2) is 8.42 Å². The predicted molar refractivity (Wildman–Crippen MR) is 149 cm³/mol. The standard InChI is InChI=1S/C27H36N6O5S/c28-24(19-20-8-10-21(11-9-20)26(35)33-14-16-38-17-15-33)25(34)32-22(5-4-13-31-27(29)30)12-18-39(36,37)23-6-2-1-3-7-23/h1-3,6-12,18,22,24H,4-5,13-17,19,28H2,(H,32,34)(H4,29,30,31)/b18-12+/t22-,24-/m0/s1. The third kappa shape index (κ3) is 9.50. The fourth-order valence-corrected chi connectivity index (χ4v) is 5.08. The molecule has 0 unspecified atom stereocenters. The second-order valence-electron chi connectivity index (χ2n) is 9.16. The smallest absolute Gasteiger partial charge is 0.254 e. The number of nitrogens with one attached hydrogen (secondary N) is 1. The van der Waals surface area contributed by atoms with Gasteiger partial charge in [-0.2, -0.15) is 0 Å². The molecule has 2 aromatic rings. The van der Waals surface area contributed by atoms with Crippen molar-refractivity contribution < 1.29 is 22.7 Å². The molecule has 1 heterocycles. The molecule has 1 aliphatic heterocycles. The Morgan fingerprint density at radius 1 is 1.05 bits per heavy atom. The van der Waals surface area contributed by atoms with Gasteiger partial charge in [0.2, 0.25) is 5.91 Å². The first-order chi connectivity index (χ1) is 18.7. The third-order valence-electron chi connectivity index (χ3n) is 6.15. The first kappa shape index (κ1) is 29.8. The number of sulfone groups is 1. The molecule has 1 aliphatic rings. The van der Waals surface area contributed by atoms with E-state index in [0.29, 0.717) is 51.3 Å². The second kappa shape index (κ2) is 14.4. The van der Waals surface area contributed by atoms with Crippen LogP contribution in [0.15, 0.2) is 76.0 Å². The highest BCUT2D eigenvalue weighted by atomic mass is 32.2. The normalized spacial score (nSPS) is 15.5. The van der Waals surface area contributed by atoms with E-state index in [2.05, 4.69) is 10.3 Å². The molecule has 7 N–H and O–H groups in total. The van der Waals surface area contributed by atoms with Crippen molar-refractivity contribution in [2.24, 2.45) is 22.2 Å². The van der Waals surface area contributed by atoms with Crippen molar-refractivity contribution in [1.29, 1.82) is 0 Å². The van der Waals surface area contributed by atoms with Crippen LogP contribution in [0.5, 0.6) is 0 Å². The lowest BCUT2D eigenvalue weighted by Gasteiger charge is -2.26. The van der Waals surface area contributed by atoms with Crippen molar-refractivity contribution in [2.75, 3.05) is 32.8 Å². The van der Waals surface area contributed by atoms with Crippen LogP contribution in [-0.4, -0.2) is 76.0 Å². The number of ether oxygens (including phenoxy) is 1. The van der Waals surface area contributed by atoms with Crippen LogP contribution in [0, 0.1) is 0 Å². The van der Waals surface area contributed by atoms with Crippen LogP contribution in [-0.2, 0) is 25.8 Å². The number of rotatable bonds is 12. The maximum atomic E-state index is 12.9. The van der Waals surface area contributed by atoms with Gasteiger partial charge in [0, 0.05) is 36.6 Å². The van der Waals surface area contributed by atoms with Crippen LogP contribution in [0.3, 0.4) is 0 Å². The quantitative estimate of drug-likeness (QED) is 0.166. The van der Waals surface area contributed by atoms with Crippen LogP contribution < -0.4 is 22.5 Å². The number of hydrogen-bond donors (Lipinski definition) is 4. The molecule has 0 radical (unpaired) electrons. The molecular weight excluding hydrogens is 520 g/mol. The van der Waals surface area contributed by atoms with E-state index in [9.17, 15) is 18.0 Å². The van der Waals surface area contributed by atoms with Crippen molar-refractivity contribution >= 4 is 27.6 Å². The molecule has 0 bridgehead atoms. The maximum absolute atomic E-state index is 12.9. The average molecular weight is 557 g/mol.